The molecule has 0 saturated heterocycles. The molecule has 15 heavy (non-hydrogen) atoms. The third-order valence-electron chi connectivity index (χ3n) is 2.46. The highest BCUT2D eigenvalue weighted by atomic mass is 31.1. The van der Waals surface area contributed by atoms with Crippen LogP contribution in [0.2, 0.25) is 0 Å². The number of hydrogen-bond acceptors (Lipinski definition) is 2. The molecule has 0 radical (unpaired) electrons. The van der Waals surface area contributed by atoms with Crippen molar-refractivity contribution in [1.82, 2.24) is 0 Å². The molecule has 0 saturated carbocycles. The summed E-state index contributed by atoms with van der Waals surface area (Å²) in [4.78, 5) is 0. The van der Waals surface area contributed by atoms with Crippen molar-refractivity contribution in [2.45, 2.75) is 38.7 Å². The van der Waals surface area contributed by atoms with Crippen LogP contribution in [0.25, 0.3) is 0 Å². The number of rotatable bonds is 7. The SMILES string of the molecule is CC(CCCCc1ccccc1)O[PH2]=O. The summed E-state index contributed by atoms with van der Waals surface area (Å²) in [6.45, 7) is 1.98. The van der Waals surface area contributed by atoms with E-state index in [2.05, 4.69) is 24.3 Å². The first-order valence-electron chi connectivity index (χ1n) is 5.46. The molecule has 1 rings (SSSR count). The summed E-state index contributed by atoms with van der Waals surface area (Å²) >= 11 is 0. The Morgan fingerprint density at radius 2 is 2.00 bits per heavy atom. The second kappa shape index (κ2) is 7.67. The van der Waals surface area contributed by atoms with E-state index in [0.717, 1.165) is 19.3 Å². The zero-order valence-corrected chi connectivity index (χ0v) is 10.3. The fourth-order valence-electron chi connectivity index (χ4n) is 1.57. The summed E-state index contributed by atoms with van der Waals surface area (Å²) in [7, 11) is -1.05. The van der Waals surface area contributed by atoms with E-state index in [1.165, 1.54) is 12.0 Å². The Labute approximate surface area is 92.9 Å². The van der Waals surface area contributed by atoms with Crippen molar-refractivity contribution < 1.29 is 9.09 Å². The van der Waals surface area contributed by atoms with Crippen LogP contribution in [0.3, 0.4) is 0 Å². The number of hydrogen-bond donors (Lipinski definition) is 0. The average molecular weight is 226 g/mol. The summed E-state index contributed by atoms with van der Waals surface area (Å²) < 4.78 is 15.3. The normalized spacial score (nSPS) is 13.4. The van der Waals surface area contributed by atoms with Gasteiger partial charge in [0.2, 0.25) is 0 Å². The van der Waals surface area contributed by atoms with Gasteiger partial charge in [0, 0.05) is 0 Å². The van der Waals surface area contributed by atoms with Gasteiger partial charge in [-0.2, -0.15) is 0 Å². The Morgan fingerprint density at radius 3 is 2.67 bits per heavy atom. The molecule has 0 aromatic heterocycles. The van der Waals surface area contributed by atoms with Crippen molar-refractivity contribution in [2.75, 3.05) is 0 Å². The molecule has 0 fully saturated rings. The summed E-state index contributed by atoms with van der Waals surface area (Å²) in [5, 5.41) is 0. The summed E-state index contributed by atoms with van der Waals surface area (Å²) in [5.74, 6) is 0. The van der Waals surface area contributed by atoms with Gasteiger partial charge in [0.05, 0.1) is 6.10 Å². The molecule has 0 heterocycles. The van der Waals surface area contributed by atoms with E-state index in [1.54, 1.807) is 0 Å². The van der Waals surface area contributed by atoms with E-state index in [0.29, 0.717) is 0 Å². The van der Waals surface area contributed by atoms with Gasteiger partial charge in [0.25, 0.3) is 0 Å². The van der Waals surface area contributed by atoms with Crippen molar-refractivity contribution in [3.05, 3.63) is 35.9 Å². The van der Waals surface area contributed by atoms with E-state index in [9.17, 15) is 4.57 Å². The molecule has 0 amide bonds. The first kappa shape index (κ1) is 12.5. The Bertz CT molecular complexity index is 274. The molecule has 0 aliphatic carbocycles. The van der Waals surface area contributed by atoms with E-state index in [-0.39, 0.29) is 6.10 Å². The third kappa shape index (κ3) is 5.76. The highest BCUT2D eigenvalue weighted by Gasteiger charge is 2.00. The quantitative estimate of drug-likeness (QED) is 0.525. The predicted octanol–water partition coefficient (Wildman–Crippen LogP) is 3.48. The molecule has 3 heteroatoms. The molecule has 0 aliphatic heterocycles. The maximum atomic E-state index is 10.3. The maximum Gasteiger partial charge on any atom is 0.180 e. The van der Waals surface area contributed by atoms with Crippen LogP contribution in [-0.4, -0.2) is 6.10 Å². The monoisotopic (exact) mass is 226 g/mol. The predicted molar refractivity (Wildman–Crippen MR) is 64.9 cm³/mol. The van der Waals surface area contributed by atoms with Crippen LogP contribution < -0.4 is 0 Å². The lowest BCUT2D eigenvalue weighted by atomic mass is 10.1. The second-order valence-electron chi connectivity index (χ2n) is 3.77. The van der Waals surface area contributed by atoms with Gasteiger partial charge in [-0.25, -0.2) is 0 Å². The van der Waals surface area contributed by atoms with Gasteiger partial charge < -0.3 is 4.52 Å². The molecule has 2 unspecified atom stereocenters. The molecular weight excluding hydrogens is 207 g/mol. The number of benzene rings is 1. The Balaban J connectivity index is 2.09. The van der Waals surface area contributed by atoms with Crippen LogP contribution in [0.4, 0.5) is 0 Å². The van der Waals surface area contributed by atoms with Crippen LogP contribution in [0.1, 0.15) is 31.7 Å². The largest absolute Gasteiger partial charge is 0.329 e. The second-order valence-corrected chi connectivity index (χ2v) is 4.24. The molecule has 0 aliphatic rings. The molecule has 1 aromatic carbocycles. The molecule has 1 aromatic rings. The van der Waals surface area contributed by atoms with E-state index in [1.807, 2.05) is 13.0 Å². The summed E-state index contributed by atoms with van der Waals surface area (Å²) in [6.07, 6.45) is 4.58. The molecule has 2 nitrogen and oxygen atoms in total. The molecule has 0 spiro atoms. The minimum atomic E-state index is -1.05. The molecule has 0 bridgehead atoms. The van der Waals surface area contributed by atoms with Gasteiger partial charge in [-0.15, -0.1) is 0 Å². The van der Waals surface area contributed by atoms with Crippen molar-refractivity contribution in [3.63, 3.8) is 0 Å². The van der Waals surface area contributed by atoms with Crippen molar-refractivity contribution in [1.29, 1.82) is 0 Å². The summed E-state index contributed by atoms with van der Waals surface area (Å²) in [5.41, 5.74) is 1.39. The zero-order valence-electron chi connectivity index (χ0n) is 9.19. The molecule has 84 valence electrons. The van der Waals surface area contributed by atoms with Crippen molar-refractivity contribution in [3.8, 4) is 0 Å². The highest BCUT2D eigenvalue weighted by Crippen LogP contribution is 2.12. The lowest BCUT2D eigenvalue weighted by Gasteiger charge is -2.07. The van der Waals surface area contributed by atoms with Crippen LogP contribution in [0.5, 0.6) is 0 Å². The molecular formula is C12H19O2P. The van der Waals surface area contributed by atoms with Gasteiger partial charge in [-0.3, -0.25) is 4.57 Å². The van der Waals surface area contributed by atoms with Crippen LogP contribution in [0.15, 0.2) is 30.3 Å². The van der Waals surface area contributed by atoms with Crippen molar-refractivity contribution in [2.24, 2.45) is 0 Å². The summed E-state index contributed by atoms with van der Waals surface area (Å²) in [6, 6.07) is 10.5. The highest BCUT2D eigenvalue weighted by molar-refractivity contribution is 7.17. The van der Waals surface area contributed by atoms with Gasteiger partial charge in [0.1, 0.15) is 0 Å². The molecule has 2 atom stereocenters. The smallest absolute Gasteiger partial charge is 0.180 e. The fourth-order valence-corrected chi connectivity index (χ4v) is 1.89. The standard InChI is InChI=1S/C12H19O2P/c1-11(14-15-13)7-5-6-10-12-8-3-2-4-9-12/h2-4,8-9,11H,5-7,10,15H2,1H3. The van der Waals surface area contributed by atoms with Crippen LogP contribution in [0, 0.1) is 0 Å². The first-order valence-corrected chi connectivity index (χ1v) is 6.40. The Hall–Kier alpha value is -0.590. The number of unbranched alkanes of at least 4 members (excludes halogenated alkanes) is 1. The van der Waals surface area contributed by atoms with Gasteiger partial charge in [-0.05, 0) is 31.7 Å². The zero-order chi connectivity index (χ0) is 10.9. The minimum absolute atomic E-state index is 0.147. The maximum absolute atomic E-state index is 10.3. The topological polar surface area (TPSA) is 26.3 Å². The minimum Gasteiger partial charge on any atom is -0.329 e. The Morgan fingerprint density at radius 1 is 1.27 bits per heavy atom. The fraction of sp³-hybridized carbons (Fsp3) is 0.500. The van der Waals surface area contributed by atoms with E-state index >= 15 is 0 Å². The van der Waals surface area contributed by atoms with Crippen LogP contribution >= 0.6 is 8.69 Å². The van der Waals surface area contributed by atoms with Crippen LogP contribution in [-0.2, 0) is 15.5 Å². The van der Waals surface area contributed by atoms with Gasteiger partial charge in [0.15, 0.2) is 8.69 Å². The van der Waals surface area contributed by atoms with Crippen molar-refractivity contribution >= 4 is 8.69 Å². The Kier molecular flexibility index (Phi) is 6.38. The van der Waals surface area contributed by atoms with E-state index < -0.39 is 8.69 Å². The molecule has 0 N–H and O–H groups in total. The lowest BCUT2D eigenvalue weighted by molar-refractivity contribution is 0.228. The number of aryl methyl sites for hydroxylation is 1. The first-order chi connectivity index (χ1) is 7.33. The van der Waals surface area contributed by atoms with Gasteiger partial charge >= 0.3 is 0 Å². The third-order valence-corrected chi connectivity index (χ3v) is 3.03. The lowest BCUT2D eigenvalue weighted by Crippen LogP contribution is -2.01. The van der Waals surface area contributed by atoms with E-state index in [4.69, 9.17) is 4.52 Å². The van der Waals surface area contributed by atoms with Gasteiger partial charge in [-0.1, -0.05) is 36.8 Å². The average Bonchev–Trinajstić information content (AvgIpc) is 2.26.